The summed E-state index contributed by atoms with van der Waals surface area (Å²) in [7, 11) is 0. The van der Waals surface area contributed by atoms with Crippen molar-refractivity contribution in [2.75, 3.05) is 0 Å². The fraction of sp³-hybridized carbons (Fsp3) is 0.407. The summed E-state index contributed by atoms with van der Waals surface area (Å²) in [5.74, 6) is 0.613. The number of benzene rings is 2. The van der Waals surface area contributed by atoms with Crippen LogP contribution in [0.25, 0.3) is 11.3 Å². The molecule has 0 saturated carbocycles. The zero-order valence-corrected chi connectivity index (χ0v) is 21.6. The lowest BCUT2D eigenvalue weighted by atomic mass is 9.78. The number of amides is 1. The minimum atomic E-state index is -0.643. The van der Waals surface area contributed by atoms with E-state index in [0.29, 0.717) is 23.6 Å². The quantitative estimate of drug-likeness (QED) is 0.442. The maximum Gasteiger partial charge on any atom is 0.237 e. The Kier molecular flexibility index (Phi) is 8.56. The topological polar surface area (TPSA) is 101 Å². The van der Waals surface area contributed by atoms with Crippen LogP contribution < -0.4 is 11.1 Å². The molecule has 184 valence electrons. The smallest absolute Gasteiger partial charge is 0.237 e. The number of aromatic hydroxyl groups is 1. The van der Waals surface area contributed by atoms with E-state index in [1.165, 1.54) is 0 Å². The van der Waals surface area contributed by atoms with Crippen LogP contribution in [-0.2, 0) is 28.6 Å². The van der Waals surface area contributed by atoms with Gasteiger partial charge in [-0.2, -0.15) is 0 Å². The van der Waals surface area contributed by atoms with E-state index in [-0.39, 0.29) is 35.7 Å². The maximum absolute atomic E-state index is 12.4. The van der Waals surface area contributed by atoms with Crippen LogP contribution in [0.5, 0.6) is 5.75 Å². The molecule has 0 fully saturated rings. The number of phenolic OH excluding ortho intramolecular Hbond substituents is 1. The molecule has 3 aromatic rings. The Morgan fingerprint density at radius 2 is 1.59 bits per heavy atom. The molecule has 1 heterocycles. The van der Waals surface area contributed by atoms with Gasteiger partial charge < -0.3 is 20.7 Å². The number of hydrogen-bond acceptors (Lipinski definition) is 5. The Balaban J connectivity index is 0.00000408. The van der Waals surface area contributed by atoms with Gasteiger partial charge in [0.2, 0.25) is 5.91 Å². The van der Waals surface area contributed by atoms with Gasteiger partial charge in [-0.15, -0.1) is 12.4 Å². The van der Waals surface area contributed by atoms with Crippen LogP contribution in [0.3, 0.4) is 0 Å². The number of nitrogens with zero attached hydrogens (tertiary/aromatic N) is 1. The lowest BCUT2D eigenvalue weighted by molar-refractivity contribution is -0.122. The number of carbonyl (C=O) groups excluding carboxylic acids is 1. The lowest BCUT2D eigenvalue weighted by Gasteiger charge is -2.28. The summed E-state index contributed by atoms with van der Waals surface area (Å²) in [4.78, 5) is 12.4. The number of nitrogens with one attached hydrogen (secondary N) is 1. The molecule has 0 unspecified atom stereocenters. The molecular formula is C27H36ClN3O3. The first-order valence-corrected chi connectivity index (χ1v) is 11.3. The Labute approximate surface area is 208 Å². The van der Waals surface area contributed by atoms with E-state index >= 15 is 0 Å². The summed E-state index contributed by atoms with van der Waals surface area (Å²) in [6.45, 7) is 12.6. The molecule has 1 atom stereocenters. The van der Waals surface area contributed by atoms with Gasteiger partial charge in [0, 0.05) is 22.8 Å². The van der Waals surface area contributed by atoms with Gasteiger partial charge in [-0.1, -0.05) is 77.0 Å². The van der Waals surface area contributed by atoms with Crippen molar-refractivity contribution in [3.05, 3.63) is 71.0 Å². The minimum Gasteiger partial charge on any atom is -0.507 e. The molecule has 1 amide bonds. The predicted molar refractivity (Wildman–Crippen MR) is 138 cm³/mol. The lowest BCUT2D eigenvalue weighted by Crippen LogP contribution is -2.41. The first kappa shape index (κ1) is 27.4. The fourth-order valence-electron chi connectivity index (χ4n) is 3.72. The molecule has 34 heavy (non-hydrogen) atoms. The molecule has 7 heteroatoms. The second-order valence-electron chi connectivity index (χ2n) is 10.6. The second kappa shape index (κ2) is 10.6. The Hall–Kier alpha value is -2.83. The first-order chi connectivity index (χ1) is 15.4. The predicted octanol–water partition coefficient (Wildman–Crippen LogP) is 5.25. The van der Waals surface area contributed by atoms with Crippen molar-refractivity contribution in [1.29, 1.82) is 0 Å². The number of rotatable bonds is 6. The van der Waals surface area contributed by atoms with Gasteiger partial charge in [0.05, 0.1) is 12.6 Å². The normalized spacial score (nSPS) is 12.7. The van der Waals surface area contributed by atoms with Crippen LogP contribution in [0.15, 0.2) is 53.1 Å². The molecule has 0 bridgehead atoms. The number of phenols is 1. The fourth-order valence-corrected chi connectivity index (χ4v) is 3.72. The van der Waals surface area contributed by atoms with Crippen molar-refractivity contribution >= 4 is 18.3 Å². The zero-order chi connectivity index (χ0) is 24.4. The summed E-state index contributed by atoms with van der Waals surface area (Å²) < 4.78 is 5.48. The largest absolute Gasteiger partial charge is 0.507 e. The van der Waals surface area contributed by atoms with Crippen molar-refractivity contribution < 1.29 is 14.4 Å². The summed E-state index contributed by atoms with van der Waals surface area (Å²) >= 11 is 0. The first-order valence-electron chi connectivity index (χ1n) is 11.3. The minimum absolute atomic E-state index is 0. The van der Waals surface area contributed by atoms with Crippen molar-refractivity contribution in [1.82, 2.24) is 10.5 Å². The summed E-state index contributed by atoms with van der Waals surface area (Å²) in [5, 5.41) is 18.0. The monoisotopic (exact) mass is 485 g/mol. The molecule has 4 N–H and O–H groups in total. The van der Waals surface area contributed by atoms with Crippen molar-refractivity contribution in [3.8, 4) is 17.0 Å². The molecule has 0 spiro atoms. The van der Waals surface area contributed by atoms with E-state index < -0.39 is 6.04 Å². The summed E-state index contributed by atoms with van der Waals surface area (Å²) in [6.07, 6.45) is 0.465. The van der Waals surface area contributed by atoms with E-state index in [4.69, 9.17) is 10.3 Å². The highest BCUT2D eigenvalue weighted by Crippen LogP contribution is 2.41. The average Bonchev–Trinajstić information content (AvgIpc) is 3.20. The molecule has 2 aromatic carbocycles. The van der Waals surface area contributed by atoms with Crippen LogP contribution in [0.1, 0.15) is 64.0 Å². The standard InChI is InChI=1S/C27H35N3O3.ClH/c1-26(2,3)20-13-18(14-21(24(20)31)27(4,5)6)23-15-19(33-30-23)16-29-25(32)22(28)12-17-10-8-7-9-11-17;/h7-11,13-15,22,31H,12,16,28H2,1-6H3,(H,29,32);1H/t22-;/m0./s1. The Bertz CT molecular complexity index is 1080. The van der Waals surface area contributed by atoms with Crippen molar-refractivity contribution in [3.63, 3.8) is 0 Å². The highest BCUT2D eigenvalue weighted by molar-refractivity contribution is 5.85. The van der Waals surface area contributed by atoms with Crippen LogP contribution in [-0.4, -0.2) is 22.2 Å². The van der Waals surface area contributed by atoms with Gasteiger partial charge >= 0.3 is 0 Å². The zero-order valence-electron chi connectivity index (χ0n) is 20.8. The maximum atomic E-state index is 12.4. The van der Waals surface area contributed by atoms with Crippen molar-refractivity contribution in [2.45, 2.75) is 71.4 Å². The number of carbonyl (C=O) groups is 1. The third-order valence-corrected chi connectivity index (χ3v) is 5.65. The van der Waals surface area contributed by atoms with Crippen LogP contribution in [0, 0.1) is 0 Å². The molecule has 0 aliphatic rings. The van der Waals surface area contributed by atoms with Crippen LogP contribution in [0.4, 0.5) is 0 Å². The molecule has 1 aromatic heterocycles. The summed E-state index contributed by atoms with van der Waals surface area (Å²) in [5.41, 5.74) is 9.82. The van der Waals surface area contributed by atoms with E-state index in [1.807, 2.05) is 48.5 Å². The number of halogens is 1. The van der Waals surface area contributed by atoms with Crippen LogP contribution in [0.2, 0.25) is 0 Å². The number of aromatic nitrogens is 1. The Morgan fingerprint density at radius 1 is 1.03 bits per heavy atom. The van der Waals surface area contributed by atoms with Crippen molar-refractivity contribution in [2.24, 2.45) is 5.73 Å². The molecule has 0 radical (unpaired) electrons. The molecule has 3 rings (SSSR count). The highest BCUT2D eigenvalue weighted by atomic mass is 35.5. The molecule has 0 saturated heterocycles. The Morgan fingerprint density at radius 3 is 2.12 bits per heavy atom. The number of hydrogen-bond donors (Lipinski definition) is 3. The molecule has 0 aliphatic heterocycles. The number of nitrogens with two attached hydrogens (primary N) is 1. The molecule has 0 aliphatic carbocycles. The van der Waals surface area contributed by atoms with Gasteiger partial charge in [0.25, 0.3) is 0 Å². The van der Waals surface area contributed by atoms with E-state index in [1.54, 1.807) is 0 Å². The van der Waals surface area contributed by atoms with Gasteiger partial charge in [-0.25, -0.2) is 0 Å². The molecule has 6 nitrogen and oxygen atoms in total. The highest BCUT2D eigenvalue weighted by Gasteiger charge is 2.27. The van der Waals surface area contributed by atoms with Gasteiger partial charge in [-0.05, 0) is 34.9 Å². The van der Waals surface area contributed by atoms with Gasteiger partial charge in [-0.3, -0.25) is 4.79 Å². The SMILES string of the molecule is CC(C)(C)c1cc(-c2cc(CNC(=O)[C@@H](N)Cc3ccccc3)on2)cc(C(C)(C)C)c1O.Cl. The van der Waals surface area contributed by atoms with Gasteiger partial charge in [0.1, 0.15) is 11.4 Å². The molecular weight excluding hydrogens is 450 g/mol. The van der Waals surface area contributed by atoms with Crippen LogP contribution >= 0.6 is 12.4 Å². The summed E-state index contributed by atoms with van der Waals surface area (Å²) in [6, 6.07) is 14.8. The second-order valence-corrected chi connectivity index (χ2v) is 10.6. The third-order valence-electron chi connectivity index (χ3n) is 5.65. The third kappa shape index (κ3) is 6.61. The van der Waals surface area contributed by atoms with E-state index in [9.17, 15) is 9.90 Å². The van der Waals surface area contributed by atoms with E-state index in [2.05, 4.69) is 52.0 Å². The van der Waals surface area contributed by atoms with Gasteiger partial charge in [0.15, 0.2) is 5.76 Å². The average molecular weight is 486 g/mol. The van der Waals surface area contributed by atoms with E-state index in [0.717, 1.165) is 22.3 Å².